The van der Waals surface area contributed by atoms with Crippen LogP contribution in [0.5, 0.6) is 0 Å². The highest BCUT2D eigenvalue weighted by molar-refractivity contribution is 5.99. The quantitative estimate of drug-likeness (QED) is 0.905. The van der Waals surface area contributed by atoms with Gasteiger partial charge in [0.05, 0.1) is 11.3 Å². The van der Waals surface area contributed by atoms with Crippen molar-refractivity contribution in [1.29, 1.82) is 0 Å². The second kappa shape index (κ2) is 7.88. The van der Waals surface area contributed by atoms with Gasteiger partial charge in [-0.1, -0.05) is 30.3 Å². The van der Waals surface area contributed by atoms with Crippen LogP contribution in [-0.2, 0) is 4.79 Å². The molecular weight excluding hydrogens is 318 g/mol. The molecule has 1 amide bonds. The van der Waals surface area contributed by atoms with Crippen LogP contribution in [0.4, 0.5) is 0 Å². The molecule has 1 aliphatic heterocycles. The molecule has 0 spiro atoms. The molecule has 6 nitrogen and oxygen atoms in total. The Kier molecular flexibility index (Phi) is 5.38. The summed E-state index contributed by atoms with van der Waals surface area (Å²) in [6, 6.07) is 9.59. The number of carboxylic acids is 1. The molecular formula is C19H21N3O3. The van der Waals surface area contributed by atoms with Crippen molar-refractivity contribution < 1.29 is 14.7 Å². The van der Waals surface area contributed by atoms with Crippen molar-refractivity contribution in [1.82, 2.24) is 14.9 Å². The number of carbonyl (C=O) groups excluding carboxylic acids is 1. The van der Waals surface area contributed by atoms with E-state index < -0.39 is 5.97 Å². The average molecular weight is 339 g/mol. The van der Waals surface area contributed by atoms with Crippen LogP contribution >= 0.6 is 0 Å². The zero-order valence-electron chi connectivity index (χ0n) is 14.0. The van der Waals surface area contributed by atoms with E-state index in [4.69, 9.17) is 5.11 Å². The Morgan fingerprint density at radius 1 is 1.24 bits per heavy atom. The molecule has 6 heteroatoms. The zero-order valence-corrected chi connectivity index (χ0v) is 14.0. The lowest BCUT2D eigenvalue weighted by molar-refractivity contribution is -0.137. The summed E-state index contributed by atoms with van der Waals surface area (Å²) in [7, 11) is 0. The molecule has 2 aromatic rings. The van der Waals surface area contributed by atoms with Crippen molar-refractivity contribution in [3.05, 3.63) is 48.4 Å². The van der Waals surface area contributed by atoms with Crippen LogP contribution in [0.1, 0.15) is 36.0 Å². The molecule has 1 saturated heterocycles. The largest absolute Gasteiger partial charge is 0.481 e. The SMILES string of the molecule is O=C(O)CCC1CCCN(C(=O)c2cncnc2-c2ccccc2)C1. The van der Waals surface area contributed by atoms with Gasteiger partial charge in [0.15, 0.2) is 0 Å². The molecule has 3 rings (SSSR count). The number of piperidine rings is 1. The highest BCUT2D eigenvalue weighted by atomic mass is 16.4. The van der Waals surface area contributed by atoms with Gasteiger partial charge in [-0.2, -0.15) is 0 Å². The highest BCUT2D eigenvalue weighted by Crippen LogP contribution is 2.25. The predicted octanol–water partition coefficient (Wildman–Crippen LogP) is 2.86. The van der Waals surface area contributed by atoms with Crippen molar-refractivity contribution in [2.75, 3.05) is 13.1 Å². The maximum absolute atomic E-state index is 13.0. The second-order valence-electron chi connectivity index (χ2n) is 6.34. The van der Waals surface area contributed by atoms with Crippen molar-refractivity contribution in [2.24, 2.45) is 5.92 Å². The fourth-order valence-corrected chi connectivity index (χ4v) is 3.30. The van der Waals surface area contributed by atoms with Gasteiger partial charge < -0.3 is 10.0 Å². The summed E-state index contributed by atoms with van der Waals surface area (Å²) in [6.07, 6.45) is 5.63. The lowest BCUT2D eigenvalue weighted by Crippen LogP contribution is -2.40. The summed E-state index contributed by atoms with van der Waals surface area (Å²) < 4.78 is 0. The first-order chi connectivity index (χ1) is 12.1. The maximum atomic E-state index is 13.0. The van der Waals surface area contributed by atoms with Gasteiger partial charge in [0.1, 0.15) is 6.33 Å². The normalized spacial score (nSPS) is 17.3. The summed E-state index contributed by atoms with van der Waals surface area (Å²) >= 11 is 0. The first-order valence-electron chi connectivity index (χ1n) is 8.51. The molecule has 1 atom stereocenters. The molecule has 2 heterocycles. The molecule has 0 aliphatic carbocycles. The zero-order chi connectivity index (χ0) is 17.6. The van der Waals surface area contributed by atoms with E-state index in [-0.39, 0.29) is 18.2 Å². The van der Waals surface area contributed by atoms with E-state index in [0.717, 1.165) is 18.4 Å². The standard InChI is InChI=1S/C19H21N3O3/c23-17(24)9-8-14-5-4-10-22(12-14)19(25)16-11-20-13-21-18(16)15-6-2-1-3-7-15/h1-3,6-7,11,13-14H,4-5,8-10,12H2,(H,23,24). The number of hydrogen-bond donors (Lipinski definition) is 1. The number of aromatic nitrogens is 2. The van der Waals surface area contributed by atoms with E-state index in [2.05, 4.69) is 9.97 Å². The van der Waals surface area contributed by atoms with Gasteiger partial charge >= 0.3 is 5.97 Å². The third kappa shape index (κ3) is 4.21. The third-order valence-electron chi connectivity index (χ3n) is 4.56. The molecule has 1 fully saturated rings. The minimum Gasteiger partial charge on any atom is -0.481 e. The van der Waals surface area contributed by atoms with Crippen LogP contribution in [-0.4, -0.2) is 44.9 Å². The third-order valence-corrected chi connectivity index (χ3v) is 4.56. The first kappa shape index (κ1) is 17.1. The topological polar surface area (TPSA) is 83.4 Å². The number of benzene rings is 1. The predicted molar refractivity (Wildman–Crippen MR) is 93.0 cm³/mol. The Balaban J connectivity index is 1.78. The Morgan fingerprint density at radius 3 is 2.80 bits per heavy atom. The van der Waals surface area contributed by atoms with Gasteiger partial charge in [0.2, 0.25) is 0 Å². The summed E-state index contributed by atoms with van der Waals surface area (Å²) in [6.45, 7) is 1.28. The molecule has 1 aromatic carbocycles. The number of carboxylic acid groups (broad SMARTS) is 1. The number of aliphatic carboxylic acids is 1. The van der Waals surface area contributed by atoms with Crippen LogP contribution < -0.4 is 0 Å². The van der Waals surface area contributed by atoms with Gasteiger partial charge in [-0.15, -0.1) is 0 Å². The van der Waals surface area contributed by atoms with Crippen LogP contribution in [0.3, 0.4) is 0 Å². The number of rotatable bonds is 5. The smallest absolute Gasteiger partial charge is 0.303 e. The molecule has 1 aromatic heterocycles. The van der Waals surface area contributed by atoms with Crippen LogP contribution in [0, 0.1) is 5.92 Å². The molecule has 1 aliphatic rings. The van der Waals surface area contributed by atoms with Gasteiger partial charge in [0.25, 0.3) is 5.91 Å². The van der Waals surface area contributed by atoms with Crippen LogP contribution in [0.25, 0.3) is 11.3 Å². The maximum Gasteiger partial charge on any atom is 0.303 e. The lowest BCUT2D eigenvalue weighted by atomic mass is 9.93. The van der Waals surface area contributed by atoms with Gasteiger partial charge in [-0.3, -0.25) is 9.59 Å². The Morgan fingerprint density at radius 2 is 2.04 bits per heavy atom. The minimum atomic E-state index is -0.786. The van der Waals surface area contributed by atoms with E-state index in [0.29, 0.717) is 30.8 Å². The van der Waals surface area contributed by atoms with E-state index in [1.54, 1.807) is 11.1 Å². The van der Waals surface area contributed by atoms with Crippen LogP contribution in [0.15, 0.2) is 42.9 Å². The molecule has 0 bridgehead atoms. The molecule has 25 heavy (non-hydrogen) atoms. The molecule has 0 saturated carbocycles. The van der Waals surface area contributed by atoms with E-state index >= 15 is 0 Å². The number of carbonyl (C=O) groups is 2. The second-order valence-corrected chi connectivity index (χ2v) is 6.34. The fraction of sp³-hybridized carbons (Fsp3) is 0.368. The molecule has 1 N–H and O–H groups in total. The average Bonchev–Trinajstić information content (AvgIpc) is 2.67. The molecule has 1 unspecified atom stereocenters. The van der Waals surface area contributed by atoms with Crippen molar-refractivity contribution in [3.8, 4) is 11.3 Å². The Hall–Kier alpha value is -2.76. The summed E-state index contributed by atoms with van der Waals surface area (Å²) in [5.41, 5.74) is 2.01. The Bertz CT molecular complexity index is 749. The van der Waals surface area contributed by atoms with E-state index in [9.17, 15) is 9.59 Å². The van der Waals surface area contributed by atoms with Gasteiger partial charge in [-0.25, -0.2) is 9.97 Å². The number of nitrogens with zero attached hydrogens (tertiary/aromatic N) is 3. The molecule has 0 radical (unpaired) electrons. The first-order valence-corrected chi connectivity index (χ1v) is 8.51. The number of amides is 1. The summed E-state index contributed by atoms with van der Waals surface area (Å²) in [4.78, 5) is 33.9. The van der Waals surface area contributed by atoms with E-state index in [1.165, 1.54) is 6.33 Å². The number of hydrogen-bond acceptors (Lipinski definition) is 4. The molecule has 130 valence electrons. The van der Waals surface area contributed by atoms with Gasteiger partial charge in [0, 0.05) is 31.3 Å². The lowest BCUT2D eigenvalue weighted by Gasteiger charge is -2.33. The summed E-state index contributed by atoms with van der Waals surface area (Å²) in [5.74, 6) is -0.635. The van der Waals surface area contributed by atoms with Crippen molar-refractivity contribution in [3.63, 3.8) is 0 Å². The highest BCUT2D eigenvalue weighted by Gasteiger charge is 2.27. The summed E-state index contributed by atoms with van der Waals surface area (Å²) in [5, 5.41) is 8.86. The number of likely N-dealkylation sites (tertiary alicyclic amines) is 1. The van der Waals surface area contributed by atoms with Gasteiger partial charge in [-0.05, 0) is 25.2 Å². The monoisotopic (exact) mass is 339 g/mol. The van der Waals surface area contributed by atoms with Crippen molar-refractivity contribution in [2.45, 2.75) is 25.7 Å². The Labute approximate surface area is 146 Å². The van der Waals surface area contributed by atoms with E-state index in [1.807, 2.05) is 30.3 Å². The van der Waals surface area contributed by atoms with Crippen molar-refractivity contribution >= 4 is 11.9 Å². The minimum absolute atomic E-state index is 0.0838. The van der Waals surface area contributed by atoms with Crippen LogP contribution in [0.2, 0.25) is 0 Å². The fourth-order valence-electron chi connectivity index (χ4n) is 3.30.